The summed E-state index contributed by atoms with van der Waals surface area (Å²) in [5.41, 5.74) is 2.08. The Morgan fingerprint density at radius 3 is 1.58 bits per heavy atom. The van der Waals surface area contributed by atoms with Crippen LogP contribution in [0.25, 0.3) is 0 Å². The maximum absolute atomic E-state index is 14.4. The van der Waals surface area contributed by atoms with Crippen molar-refractivity contribution in [2.75, 3.05) is 55.8 Å². The SMILES string of the molecule is CCOC(=O)c1c(F)c(Cl)cc2c1OCCN2CCc1ccc(F)cc1.O=C(O)c1c(F)c(Cl)cc2c1OCCN2CCc1ccc(F)cc1. The number of aromatic carboxylic acids is 1. The van der Waals surface area contributed by atoms with Gasteiger partial charge in [-0.25, -0.2) is 27.2 Å². The molecule has 0 saturated carbocycles. The summed E-state index contributed by atoms with van der Waals surface area (Å²) in [6.07, 6.45) is 1.28. The highest BCUT2D eigenvalue weighted by Crippen LogP contribution is 2.41. The number of rotatable bonds is 9. The van der Waals surface area contributed by atoms with Crippen LogP contribution in [0.1, 0.15) is 38.8 Å². The third-order valence-electron chi connectivity index (χ3n) is 8.06. The van der Waals surface area contributed by atoms with Crippen molar-refractivity contribution >= 4 is 46.5 Å². The second-order valence-corrected chi connectivity index (χ2v) is 12.1. The molecule has 6 rings (SSSR count). The molecule has 264 valence electrons. The van der Waals surface area contributed by atoms with Gasteiger partial charge in [0.25, 0.3) is 0 Å². The first-order chi connectivity index (χ1) is 24.0. The molecule has 4 aromatic rings. The van der Waals surface area contributed by atoms with Crippen LogP contribution in [0, 0.1) is 23.3 Å². The number of fused-ring (bicyclic) bond motifs is 2. The molecule has 0 bridgehead atoms. The van der Waals surface area contributed by atoms with Crippen molar-refractivity contribution in [1.82, 2.24) is 0 Å². The van der Waals surface area contributed by atoms with E-state index in [2.05, 4.69) is 0 Å². The molecule has 0 aromatic heterocycles. The normalized spacial score (nSPS) is 13.3. The second kappa shape index (κ2) is 16.4. The van der Waals surface area contributed by atoms with Crippen LogP contribution in [0.15, 0.2) is 60.7 Å². The minimum Gasteiger partial charge on any atom is -0.489 e. The van der Waals surface area contributed by atoms with Crippen LogP contribution in [0.2, 0.25) is 10.0 Å². The number of halogens is 6. The number of carbonyl (C=O) groups is 2. The Morgan fingerprint density at radius 1 is 0.740 bits per heavy atom. The average Bonchev–Trinajstić information content (AvgIpc) is 3.09. The highest BCUT2D eigenvalue weighted by molar-refractivity contribution is 6.32. The Kier molecular flexibility index (Phi) is 12.0. The fourth-order valence-electron chi connectivity index (χ4n) is 5.58. The Balaban J connectivity index is 0.000000195. The summed E-state index contributed by atoms with van der Waals surface area (Å²) in [6.45, 7) is 4.54. The van der Waals surface area contributed by atoms with Gasteiger partial charge in [-0.1, -0.05) is 47.5 Å². The van der Waals surface area contributed by atoms with Crippen molar-refractivity contribution in [3.05, 3.63) is 116 Å². The molecule has 0 aliphatic carbocycles. The lowest BCUT2D eigenvalue weighted by atomic mass is 10.1. The zero-order valence-electron chi connectivity index (χ0n) is 26.8. The van der Waals surface area contributed by atoms with Gasteiger partial charge in [-0.2, -0.15) is 0 Å². The van der Waals surface area contributed by atoms with Crippen LogP contribution >= 0.6 is 23.2 Å². The quantitative estimate of drug-likeness (QED) is 0.137. The molecule has 1 N–H and O–H groups in total. The predicted molar refractivity (Wildman–Crippen MR) is 181 cm³/mol. The monoisotopic (exact) mass is 734 g/mol. The highest BCUT2D eigenvalue weighted by atomic mass is 35.5. The number of hydrogen-bond acceptors (Lipinski definition) is 7. The van der Waals surface area contributed by atoms with Gasteiger partial charge in [-0.15, -0.1) is 0 Å². The van der Waals surface area contributed by atoms with Gasteiger partial charge in [-0.05, 0) is 67.3 Å². The van der Waals surface area contributed by atoms with Gasteiger partial charge in [-0.3, -0.25) is 0 Å². The van der Waals surface area contributed by atoms with Gasteiger partial charge in [0.2, 0.25) is 0 Å². The molecular formula is C36H32Cl2F4N2O6. The maximum atomic E-state index is 14.4. The fraction of sp³-hybridized carbons (Fsp3) is 0.278. The number of carbonyl (C=O) groups excluding carboxylic acids is 1. The van der Waals surface area contributed by atoms with E-state index in [9.17, 15) is 32.3 Å². The summed E-state index contributed by atoms with van der Waals surface area (Å²) in [4.78, 5) is 27.3. The van der Waals surface area contributed by atoms with E-state index in [1.165, 1.54) is 36.4 Å². The Labute approximate surface area is 295 Å². The molecule has 2 aliphatic heterocycles. The molecule has 0 saturated heterocycles. The van der Waals surface area contributed by atoms with Crippen molar-refractivity contribution in [1.29, 1.82) is 0 Å². The van der Waals surface area contributed by atoms with Crippen molar-refractivity contribution in [2.45, 2.75) is 19.8 Å². The first-order valence-corrected chi connectivity index (χ1v) is 16.4. The molecule has 8 nitrogen and oxygen atoms in total. The van der Waals surface area contributed by atoms with Gasteiger partial charge in [0, 0.05) is 13.1 Å². The number of carboxylic acids is 1. The van der Waals surface area contributed by atoms with Gasteiger partial charge >= 0.3 is 11.9 Å². The van der Waals surface area contributed by atoms with Crippen molar-refractivity contribution < 1.29 is 46.5 Å². The summed E-state index contributed by atoms with van der Waals surface area (Å²) < 4.78 is 70.3. The first kappa shape index (κ1) is 36.6. The van der Waals surface area contributed by atoms with Gasteiger partial charge in [0.1, 0.15) is 36.0 Å². The summed E-state index contributed by atoms with van der Waals surface area (Å²) in [7, 11) is 0. The number of carboxylic acid groups (broad SMARTS) is 1. The zero-order chi connectivity index (χ0) is 35.9. The number of esters is 1. The molecule has 2 aliphatic rings. The Morgan fingerprint density at radius 2 is 1.16 bits per heavy atom. The topological polar surface area (TPSA) is 88.5 Å². The minimum atomic E-state index is -1.42. The fourth-order valence-corrected chi connectivity index (χ4v) is 5.98. The van der Waals surface area contributed by atoms with Crippen molar-refractivity contribution in [3.8, 4) is 11.5 Å². The number of anilines is 2. The lowest BCUT2D eigenvalue weighted by molar-refractivity contribution is 0.0515. The molecule has 0 fully saturated rings. The van der Waals surface area contributed by atoms with Crippen LogP contribution in [0.4, 0.5) is 28.9 Å². The van der Waals surface area contributed by atoms with E-state index in [0.29, 0.717) is 57.0 Å². The van der Waals surface area contributed by atoms with Crippen LogP contribution in [0.5, 0.6) is 11.5 Å². The molecule has 0 radical (unpaired) electrons. The molecular weight excluding hydrogens is 703 g/mol. The lowest BCUT2D eigenvalue weighted by Crippen LogP contribution is -2.35. The predicted octanol–water partition coefficient (Wildman–Crippen LogP) is 7.99. The Hall–Kier alpha value is -4.68. The first-order valence-electron chi connectivity index (χ1n) is 15.7. The largest absolute Gasteiger partial charge is 0.489 e. The van der Waals surface area contributed by atoms with Gasteiger partial charge in [0.05, 0.1) is 41.1 Å². The maximum Gasteiger partial charge on any atom is 0.345 e. The van der Waals surface area contributed by atoms with E-state index in [0.717, 1.165) is 11.1 Å². The molecule has 0 atom stereocenters. The van der Waals surface area contributed by atoms with Crippen molar-refractivity contribution in [3.63, 3.8) is 0 Å². The number of ether oxygens (including phenoxy) is 3. The van der Waals surface area contributed by atoms with Gasteiger partial charge in [0.15, 0.2) is 23.1 Å². The smallest absolute Gasteiger partial charge is 0.345 e. The Bertz CT molecular complexity index is 1860. The van der Waals surface area contributed by atoms with E-state index in [1.54, 1.807) is 31.2 Å². The molecule has 50 heavy (non-hydrogen) atoms. The molecule has 4 aromatic carbocycles. The number of benzene rings is 4. The van der Waals surface area contributed by atoms with E-state index in [-0.39, 0.29) is 52.0 Å². The average molecular weight is 736 g/mol. The van der Waals surface area contributed by atoms with Crippen LogP contribution < -0.4 is 19.3 Å². The summed E-state index contributed by atoms with van der Waals surface area (Å²) in [5.74, 6) is -4.51. The molecule has 0 unspecified atom stereocenters. The summed E-state index contributed by atoms with van der Waals surface area (Å²) >= 11 is 11.8. The zero-order valence-corrected chi connectivity index (χ0v) is 28.3. The van der Waals surface area contributed by atoms with Crippen molar-refractivity contribution in [2.24, 2.45) is 0 Å². The summed E-state index contributed by atoms with van der Waals surface area (Å²) in [6, 6.07) is 15.3. The standard InChI is InChI=1S/C19H18ClF2NO3.C17H14ClF2NO3/c1-2-25-19(24)16-17(22)14(20)11-15-18(16)26-10-9-23(15)8-7-12-3-5-13(21)6-4-12;18-12-9-13-16(14(15(12)20)17(22)23)24-8-7-21(13)6-5-10-1-3-11(19)4-2-10/h3-6,11H,2,7-10H2,1H3;1-4,9H,5-8H2,(H,22,23). The third kappa shape index (κ3) is 8.36. The van der Waals surface area contributed by atoms with Crippen LogP contribution in [-0.2, 0) is 17.6 Å². The van der Waals surface area contributed by atoms with E-state index >= 15 is 0 Å². The van der Waals surface area contributed by atoms with E-state index < -0.39 is 29.1 Å². The van der Waals surface area contributed by atoms with E-state index in [4.69, 9.17) is 37.4 Å². The van der Waals surface area contributed by atoms with E-state index in [1.807, 2.05) is 9.80 Å². The minimum absolute atomic E-state index is 0.00486. The van der Waals surface area contributed by atoms with Crippen LogP contribution in [0.3, 0.4) is 0 Å². The highest BCUT2D eigenvalue weighted by Gasteiger charge is 2.31. The molecule has 14 heteroatoms. The second-order valence-electron chi connectivity index (χ2n) is 11.2. The molecule has 0 spiro atoms. The van der Waals surface area contributed by atoms with Crippen LogP contribution in [-0.4, -0.2) is 63.0 Å². The number of nitrogens with zero attached hydrogens (tertiary/aromatic N) is 2. The van der Waals surface area contributed by atoms with Gasteiger partial charge < -0.3 is 29.1 Å². The summed E-state index contributed by atoms with van der Waals surface area (Å²) in [5, 5.41) is 8.81. The molecule has 2 heterocycles. The third-order valence-corrected chi connectivity index (χ3v) is 8.61. The molecule has 0 amide bonds. The lowest BCUT2D eigenvalue weighted by Gasteiger charge is -2.32. The number of hydrogen-bond donors (Lipinski definition) is 1.